The largest absolute Gasteiger partial charge is 0.336 e. The summed E-state index contributed by atoms with van der Waals surface area (Å²) >= 11 is 0. The van der Waals surface area contributed by atoms with Crippen LogP contribution in [0.5, 0.6) is 0 Å². The summed E-state index contributed by atoms with van der Waals surface area (Å²) in [5.74, 6) is 0. The van der Waals surface area contributed by atoms with Crippen LogP contribution in [0, 0.1) is 0 Å². The summed E-state index contributed by atoms with van der Waals surface area (Å²) in [4.78, 5) is 0. The van der Waals surface area contributed by atoms with Crippen LogP contribution in [-0.4, -0.2) is 15.0 Å². The molecule has 4 nitrogen and oxygen atoms in total. The molecule has 76 valence electrons. The fourth-order valence-electron chi connectivity index (χ4n) is 1.33. The van der Waals surface area contributed by atoms with E-state index in [0.29, 0.717) is 12.0 Å². The normalized spacial score (nSPS) is 32.1. The predicted octanol–water partition coefficient (Wildman–Crippen LogP) is 0.982. The molecule has 1 aromatic rings. The van der Waals surface area contributed by atoms with E-state index in [1.165, 1.54) is 0 Å². The van der Waals surface area contributed by atoms with Crippen LogP contribution in [0.4, 0.5) is 0 Å². The Labute approximate surface area is 84.6 Å². The quantitative estimate of drug-likeness (QED) is 0.758. The van der Waals surface area contributed by atoms with Crippen molar-refractivity contribution in [1.29, 1.82) is 0 Å². The fraction of sp³-hybridized carbons (Fsp3) is 0.333. The Bertz CT molecular complexity index is 448. The van der Waals surface area contributed by atoms with E-state index in [1.807, 2.05) is 6.07 Å². The van der Waals surface area contributed by atoms with Crippen molar-refractivity contribution in [1.82, 2.24) is 4.72 Å². The van der Waals surface area contributed by atoms with Gasteiger partial charge in [-0.25, -0.2) is 0 Å². The lowest BCUT2D eigenvalue weighted by molar-refractivity contribution is 0.257. The van der Waals surface area contributed by atoms with Gasteiger partial charge in [0, 0.05) is 0 Å². The molecule has 1 aromatic carbocycles. The molecule has 2 rings (SSSR count). The predicted molar refractivity (Wildman–Crippen MR) is 51.8 cm³/mol. The van der Waals surface area contributed by atoms with Gasteiger partial charge in [0.1, 0.15) is 0 Å². The molecule has 1 heterocycles. The Hall–Kier alpha value is -0.910. The zero-order valence-electron chi connectivity index (χ0n) is 8.43. The molecule has 1 atom stereocenters. The summed E-state index contributed by atoms with van der Waals surface area (Å²) in [7, 11) is -3.78. The van der Waals surface area contributed by atoms with Crippen LogP contribution in [0.25, 0.3) is 0 Å². The van der Waals surface area contributed by atoms with E-state index < -0.39 is 16.3 Å². The molecule has 0 aliphatic carbocycles. The number of hydrogen-bond donors (Lipinski definition) is 1. The molecule has 1 fully saturated rings. The molecule has 1 unspecified atom stereocenters. The molecule has 1 N–H and O–H groups in total. The maximum Gasteiger partial charge on any atom is 0.336 e. The van der Waals surface area contributed by atoms with Crippen LogP contribution >= 0.6 is 0 Å². The van der Waals surface area contributed by atoms with E-state index in [4.69, 9.17) is 1.37 Å². The molecule has 0 spiro atoms. The van der Waals surface area contributed by atoms with Crippen LogP contribution in [0.15, 0.2) is 30.3 Å². The van der Waals surface area contributed by atoms with E-state index in [0.717, 1.165) is 0 Å². The van der Waals surface area contributed by atoms with Crippen molar-refractivity contribution in [2.75, 3.05) is 6.61 Å². The summed E-state index contributed by atoms with van der Waals surface area (Å²) in [5.41, 5.74) is 0.622. The van der Waals surface area contributed by atoms with Crippen LogP contribution in [0.3, 0.4) is 0 Å². The van der Waals surface area contributed by atoms with E-state index in [2.05, 4.69) is 8.91 Å². The van der Waals surface area contributed by atoms with Crippen LogP contribution in [0.1, 0.15) is 19.4 Å². The SMILES string of the molecule is [2H]C1(c2ccccc2)CCOS(=O)(=O)N1. The van der Waals surface area contributed by atoms with Crippen molar-refractivity contribution in [2.24, 2.45) is 0 Å². The maximum absolute atomic E-state index is 11.2. The van der Waals surface area contributed by atoms with Crippen LogP contribution in [0.2, 0.25) is 0 Å². The minimum atomic E-state index is -3.78. The van der Waals surface area contributed by atoms with Gasteiger partial charge in [-0.3, -0.25) is 4.18 Å². The third kappa shape index (κ3) is 2.12. The molecular formula is C9H11NO3S. The smallest absolute Gasteiger partial charge is 0.258 e. The molecule has 0 aromatic heterocycles. The van der Waals surface area contributed by atoms with Gasteiger partial charge in [-0.15, -0.1) is 0 Å². The average Bonchev–Trinajstić information content (AvgIpc) is 2.17. The van der Waals surface area contributed by atoms with Crippen LogP contribution < -0.4 is 4.72 Å². The Morgan fingerprint density at radius 1 is 1.43 bits per heavy atom. The highest BCUT2D eigenvalue weighted by molar-refractivity contribution is 7.84. The Kier molecular flexibility index (Phi) is 2.21. The zero-order chi connectivity index (χ0) is 10.9. The van der Waals surface area contributed by atoms with Crippen LogP contribution in [-0.2, 0) is 14.5 Å². The number of rotatable bonds is 1. The van der Waals surface area contributed by atoms with E-state index >= 15 is 0 Å². The lowest BCUT2D eigenvalue weighted by Crippen LogP contribution is -2.36. The molecule has 0 radical (unpaired) electrons. The van der Waals surface area contributed by atoms with Gasteiger partial charge < -0.3 is 0 Å². The lowest BCUT2D eigenvalue weighted by atomic mass is 10.1. The van der Waals surface area contributed by atoms with Gasteiger partial charge in [-0.2, -0.15) is 13.1 Å². The van der Waals surface area contributed by atoms with Gasteiger partial charge in [-0.1, -0.05) is 30.3 Å². The average molecular weight is 214 g/mol. The molecule has 1 aliphatic rings. The second kappa shape index (κ2) is 3.68. The van der Waals surface area contributed by atoms with Gasteiger partial charge in [-0.05, 0) is 12.0 Å². The van der Waals surface area contributed by atoms with E-state index in [1.54, 1.807) is 24.3 Å². The molecule has 1 saturated heterocycles. The van der Waals surface area contributed by atoms with Crippen molar-refractivity contribution >= 4 is 10.3 Å². The first-order chi connectivity index (χ1) is 7.02. The molecule has 14 heavy (non-hydrogen) atoms. The first kappa shape index (κ1) is 8.40. The first-order valence-electron chi connectivity index (χ1n) is 4.76. The van der Waals surface area contributed by atoms with Gasteiger partial charge >= 0.3 is 10.3 Å². The number of nitrogens with one attached hydrogen (secondary N) is 1. The topological polar surface area (TPSA) is 55.4 Å². The van der Waals surface area contributed by atoms with Gasteiger partial charge in [0.25, 0.3) is 0 Å². The third-order valence-corrected chi connectivity index (χ3v) is 2.93. The zero-order valence-corrected chi connectivity index (χ0v) is 8.25. The summed E-state index contributed by atoms with van der Waals surface area (Å²) < 4.78 is 37.1. The lowest BCUT2D eigenvalue weighted by Gasteiger charge is -2.23. The second-order valence-electron chi connectivity index (χ2n) is 2.97. The maximum atomic E-state index is 11.2. The van der Waals surface area contributed by atoms with Gasteiger partial charge in [0.2, 0.25) is 0 Å². The van der Waals surface area contributed by atoms with Crippen molar-refractivity contribution in [2.45, 2.75) is 12.4 Å². The fourth-order valence-corrected chi connectivity index (χ4v) is 2.21. The molecule has 0 saturated carbocycles. The number of benzene rings is 1. The summed E-state index contributed by atoms with van der Waals surface area (Å²) in [6.45, 7) is 0.0354. The van der Waals surface area contributed by atoms with Crippen molar-refractivity contribution in [3.63, 3.8) is 0 Å². The minimum absolute atomic E-state index is 0.0354. The summed E-state index contributed by atoms with van der Waals surface area (Å²) in [6, 6.07) is 7.51. The second-order valence-corrected chi connectivity index (χ2v) is 4.32. The molecular weight excluding hydrogens is 202 g/mol. The van der Waals surface area contributed by atoms with Gasteiger partial charge in [0.05, 0.1) is 14.0 Å². The Balaban J connectivity index is 2.35. The highest BCUT2D eigenvalue weighted by Crippen LogP contribution is 2.21. The highest BCUT2D eigenvalue weighted by Gasteiger charge is 2.24. The minimum Gasteiger partial charge on any atom is -0.258 e. The number of hydrogen-bond acceptors (Lipinski definition) is 3. The van der Waals surface area contributed by atoms with Gasteiger partial charge in [0.15, 0.2) is 0 Å². The summed E-state index contributed by atoms with van der Waals surface area (Å²) in [6.07, 6.45) is 0.302. The standard InChI is InChI=1S/C9H11NO3S/c11-14(12)10-9(6-7-13-14)8-4-2-1-3-5-8/h1-5,9-10H,6-7H2/i9D. The van der Waals surface area contributed by atoms with Crippen molar-refractivity contribution < 1.29 is 14.0 Å². The van der Waals surface area contributed by atoms with Crippen molar-refractivity contribution in [3.05, 3.63) is 35.9 Å². The molecule has 5 heteroatoms. The Morgan fingerprint density at radius 2 is 2.14 bits per heavy atom. The summed E-state index contributed by atoms with van der Waals surface area (Å²) in [5, 5.41) is 0. The van der Waals surface area contributed by atoms with E-state index in [9.17, 15) is 8.42 Å². The Morgan fingerprint density at radius 3 is 2.79 bits per heavy atom. The van der Waals surface area contributed by atoms with E-state index in [-0.39, 0.29) is 6.61 Å². The molecule has 0 amide bonds. The highest BCUT2D eigenvalue weighted by atomic mass is 32.2. The van der Waals surface area contributed by atoms with Crippen molar-refractivity contribution in [3.8, 4) is 0 Å². The third-order valence-electron chi connectivity index (χ3n) is 1.96. The first-order valence-corrected chi connectivity index (χ1v) is 5.67. The molecule has 0 bridgehead atoms. The monoisotopic (exact) mass is 214 g/mol. The molecule has 1 aliphatic heterocycles.